The van der Waals surface area contributed by atoms with E-state index in [0.29, 0.717) is 22.7 Å². The lowest BCUT2D eigenvalue weighted by Crippen LogP contribution is -1.92. The third kappa shape index (κ3) is 3.56. The van der Waals surface area contributed by atoms with Gasteiger partial charge in [0.1, 0.15) is 34.6 Å². The van der Waals surface area contributed by atoms with Crippen LogP contribution in [0.4, 0.5) is 0 Å². The maximum Gasteiger partial charge on any atom is 0.173 e. The maximum absolute atomic E-state index is 9.74. The van der Waals surface area contributed by atoms with E-state index in [9.17, 15) is 10.4 Å². The second kappa shape index (κ2) is 7.65. The SMILES string of the molecule is N#Cc1c(-c2ccc(Oc3ccccc3)cc2)nn2cc(-c3cccc(O)c3)cnc12. The van der Waals surface area contributed by atoms with Gasteiger partial charge in [0.15, 0.2) is 5.65 Å². The average Bonchev–Trinajstić information content (AvgIpc) is 3.18. The number of hydrogen-bond acceptors (Lipinski definition) is 5. The van der Waals surface area contributed by atoms with E-state index in [1.807, 2.05) is 60.7 Å². The summed E-state index contributed by atoms with van der Waals surface area (Å²) in [5, 5.41) is 24.1. The Morgan fingerprint density at radius 2 is 1.61 bits per heavy atom. The van der Waals surface area contributed by atoms with Crippen molar-refractivity contribution in [1.82, 2.24) is 14.6 Å². The summed E-state index contributed by atoms with van der Waals surface area (Å²) in [6, 6.07) is 26.1. The maximum atomic E-state index is 9.74. The Balaban J connectivity index is 1.51. The quantitative estimate of drug-likeness (QED) is 0.432. The largest absolute Gasteiger partial charge is 0.508 e. The Bertz CT molecular complexity index is 1420. The number of nitriles is 1. The minimum Gasteiger partial charge on any atom is -0.508 e. The summed E-state index contributed by atoms with van der Waals surface area (Å²) in [5.74, 6) is 1.63. The fraction of sp³-hybridized carbons (Fsp3) is 0. The summed E-state index contributed by atoms with van der Waals surface area (Å²) in [6.07, 6.45) is 3.47. The number of fused-ring (bicyclic) bond motifs is 1. The number of phenolic OH excluding ortho intramolecular Hbond substituents is 1. The molecular weight excluding hydrogens is 388 g/mol. The predicted octanol–water partition coefficient (Wildman–Crippen LogP) is 5.43. The first-order valence-corrected chi connectivity index (χ1v) is 9.62. The molecule has 31 heavy (non-hydrogen) atoms. The lowest BCUT2D eigenvalue weighted by Gasteiger charge is -2.05. The first kappa shape index (κ1) is 18.4. The summed E-state index contributed by atoms with van der Waals surface area (Å²) < 4.78 is 7.43. The molecule has 0 radical (unpaired) electrons. The Kier molecular flexibility index (Phi) is 4.54. The van der Waals surface area contributed by atoms with Crippen LogP contribution in [0.5, 0.6) is 17.2 Å². The van der Waals surface area contributed by atoms with Gasteiger partial charge in [0.25, 0.3) is 0 Å². The Morgan fingerprint density at radius 3 is 2.35 bits per heavy atom. The van der Waals surface area contributed by atoms with Crippen LogP contribution in [0.15, 0.2) is 91.3 Å². The highest BCUT2D eigenvalue weighted by molar-refractivity contribution is 5.76. The van der Waals surface area contributed by atoms with Gasteiger partial charge < -0.3 is 9.84 Å². The molecule has 0 saturated heterocycles. The molecule has 0 fully saturated rings. The normalized spacial score (nSPS) is 10.7. The van der Waals surface area contributed by atoms with Crippen LogP contribution in [-0.2, 0) is 0 Å². The summed E-state index contributed by atoms with van der Waals surface area (Å²) in [5.41, 5.74) is 3.82. The molecule has 0 spiro atoms. The number of benzene rings is 3. The minimum absolute atomic E-state index is 0.175. The van der Waals surface area contributed by atoms with Gasteiger partial charge in [-0.1, -0.05) is 30.3 Å². The zero-order valence-corrected chi connectivity index (χ0v) is 16.3. The highest BCUT2D eigenvalue weighted by Crippen LogP contribution is 2.30. The van der Waals surface area contributed by atoms with Gasteiger partial charge in [-0.25, -0.2) is 9.50 Å². The molecule has 2 heterocycles. The van der Waals surface area contributed by atoms with Crippen molar-refractivity contribution in [2.24, 2.45) is 0 Å². The molecule has 6 heteroatoms. The second-order valence-electron chi connectivity index (χ2n) is 6.94. The van der Waals surface area contributed by atoms with E-state index in [2.05, 4.69) is 16.2 Å². The summed E-state index contributed by atoms with van der Waals surface area (Å²) >= 11 is 0. The Morgan fingerprint density at radius 1 is 0.839 bits per heavy atom. The number of rotatable bonds is 4. The summed E-state index contributed by atoms with van der Waals surface area (Å²) in [4.78, 5) is 4.45. The molecule has 3 aromatic carbocycles. The van der Waals surface area contributed by atoms with E-state index < -0.39 is 0 Å². The standard InChI is InChI=1S/C25H16N4O2/c26-14-23-24(17-9-11-22(12-10-17)31-21-7-2-1-3-8-21)28-29-16-19(15-27-25(23)29)18-5-4-6-20(30)13-18/h1-13,15-16,30H. The first-order chi connectivity index (χ1) is 15.2. The van der Waals surface area contributed by atoms with Crippen LogP contribution in [0.25, 0.3) is 28.0 Å². The van der Waals surface area contributed by atoms with Crippen LogP contribution in [-0.4, -0.2) is 19.7 Å². The molecule has 1 N–H and O–H groups in total. The zero-order chi connectivity index (χ0) is 21.2. The van der Waals surface area contributed by atoms with Crippen LogP contribution in [0.1, 0.15) is 5.56 Å². The summed E-state index contributed by atoms with van der Waals surface area (Å²) in [7, 11) is 0. The smallest absolute Gasteiger partial charge is 0.173 e. The van der Waals surface area contributed by atoms with Gasteiger partial charge in [-0.15, -0.1) is 0 Å². The highest BCUT2D eigenvalue weighted by atomic mass is 16.5. The molecule has 0 aliphatic rings. The van der Waals surface area contributed by atoms with Crippen LogP contribution in [0.3, 0.4) is 0 Å². The number of hydrogen-bond donors (Lipinski definition) is 1. The van der Waals surface area contributed by atoms with Crippen molar-refractivity contribution in [3.63, 3.8) is 0 Å². The molecule has 0 aliphatic heterocycles. The lowest BCUT2D eigenvalue weighted by molar-refractivity contribution is 0.475. The van der Waals surface area contributed by atoms with Gasteiger partial charge in [0, 0.05) is 23.5 Å². The molecule has 0 amide bonds. The van der Waals surface area contributed by atoms with E-state index in [-0.39, 0.29) is 5.75 Å². The van der Waals surface area contributed by atoms with E-state index in [1.165, 1.54) is 0 Å². The van der Waals surface area contributed by atoms with Gasteiger partial charge in [-0.3, -0.25) is 0 Å². The minimum atomic E-state index is 0.175. The molecule has 0 aliphatic carbocycles. The lowest BCUT2D eigenvalue weighted by atomic mass is 10.1. The van der Waals surface area contributed by atoms with Crippen LogP contribution < -0.4 is 4.74 Å². The molecular formula is C25H16N4O2. The molecule has 5 aromatic rings. The van der Waals surface area contributed by atoms with Crippen molar-refractivity contribution in [3.8, 4) is 45.7 Å². The fourth-order valence-electron chi connectivity index (χ4n) is 3.38. The van der Waals surface area contributed by atoms with Crippen molar-refractivity contribution in [2.45, 2.75) is 0 Å². The van der Waals surface area contributed by atoms with E-state index in [1.54, 1.807) is 35.1 Å². The Hall–Kier alpha value is -4.63. The summed E-state index contributed by atoms with van der Waals surface area (Å²) in [6.45, 7) is 0. The molecule has 6 nitrogen and oxygen atoms in total. The predicted molar refractivity (Wildman–Crippen MR) is 117 cm³/mol. The van der Waals surface area contributed by atoms with Gasteiger partial charge in [0.05, 0.1) is 0 Å². The van der Waals surface area contributed by atoms with Gasteiger partial charge in [0.2, 0.25) is 0 Å². The van der Waals surface area contributed by atoms with E-state index in [4.69, 9.17) is 4.74 Å². The Labute approximate surface area is 178 Å². The molecule has 0 saturated carbocycles. The third-order valence-corrected chi connectivity index (χ3v) is 4.87. The van der Waals surface area contributed by atoms with Crippen LogP contribution in [0.2, 0.25) is 0 Å². The number of phenols is 1. The number of nitrogens with zero attached hydrogens (tertiary/aromatic N) is 4. The molecule has 0 unspecified atom stereocenters. The molecule has 5 rings (SSSR count). The fourth-order valence-corrected chi connectivity index (χ4v) is 3.38. The van der Waals surface area contributed by atoms with Gasteiger partial charge >= 0.3 is 0 Å². The number of aromatic nitrogens is 3. The van der Waals surface area contributed by atoms with Crippen LogP contribution in [0, 0.1) is 11.3 Å². The number of ether oxygens (including phenoxy) is 1. The monoisotopic (exact) mass is 404 g/mol. The van der Waals surface area contributed by atoms with Crippen molar-refractivity contribution in [1.29, 1.82) is 5.26 Å². The van der Waals surface area contributed by atoms with Crippen molar-refractivity contribution in [2.75, 3.05) is 0 Å². The van der Waals surface area contributed by atoms with Crippen molar-refractivity contribution >= 4 is 5.65 Å². The molecule has 0 bridgehead atoms. The van der Waals surface area contributed by atoms with Gasteiger partial charge in [-0.2, -0.15) is 10.4 Å². The van der Waals surface area contributed by atoms with E-state index in [0.717, 1.165) is 22.4 Å². The number of para-hydroxylation sites is 1. The molecule has 0 atom stereocenters. The zero-order valence-electron chi connectivity index (χ0n) is 16.3. The average molecular weight is 404 g/mol. The van der Waals surface area contributed by atoms with Crippen LogP contribution >= 0.6 is 0 Å². The van der Waals surface area contributed by atoms with Gasteiger partial charge in [-0.05, 0) is 54.1 Å². The topological polar surface area (TPSA) is 83.4 Å². The van der Waals surface area contributed by atoms with E-state index >= 15 is 0 Å². The van der Waals surface area contributed by atoms with Crippen molar-refractivity contribution in [3.05, 3.63) is 96.8 Å². The highest BCUT2D eigenvalue weighted by Gasteiger charge is 2.16. The third-order valence-electron chi connectivity index (χ3n) is 4.87. The first-order valence-electron chi connectivity index (χ1n) is 9.62. The molecule has 2 aromatic heterocycles. The van der Waals surface area contributed by atoms with Crippen molar-refractivity contribution < 1.29 is 9.84 Å². The number of aromatic hydroxyl groups is 1. The second-order valence-corrected chi connectivity index (χ2v) is 6.94. The molecule has 148 valence electrons.